The summed E-state index contributed by atoms with van der Waals surface area (Å²) >= 11 is 0. The Balaban J connectivity index is 1.96. The molecule has 146 valence electrons. The molecule has 0 aliphatic rings. The summed E-state index contributed by atoms with van der Waals surface area (Å²) in [5, 5.41) is 1.97. The van der Waals surface area contributed by atoms with Crippen LogP contribution >= 0.6 is 0 Å². The van der Waals surface area contributed by atoms with E-state index in [-0.39, 0.29) is 17.5 Å². The SMILES string of the molecule is COC(=O)CCCCCn1c2ccc(C(C)=O)cc2c2cc(C(C)=O)ccc21. The monoisotopic (exact) mass is 379 g/mol. The van der Waals surface area contributed by atoms with Crippen LogP contribution in [0.3, 0.4) is 0 Å². The first-order valence-corrected chi connectivity index (χ1v) is 9.57. The summed E-state index contributed by atoms with van der Waals surface area (Å²) in [6.07, 6.45) is 3.09. The Morgan fingerprint density at radius 3 is 1.82 bits per heavy atom. The number of aryl methyl sites for hydroxylation is 1. The number of nitrogens with zero attached hydrogens (tertiary/aromatic N) is 1. The fourth-order valence-electron chi connectivity index (χ4n) is 3.60. The van der Waals surface area contributed by atoms with Gasteiger partial charge in [-0.05, 0) is 63.1 Å². The summed E-state index contributed by atoms with van der Waals surface area (Å²) in [6.45, 7) is 3.92. The van der Waals surface area contributed by atoms with Gasteiger partial charge in [-0.2, -0.15) is 0 Å². The standard InChI is InChI=1S/C23H25NO4/c1-15(25)17-8-10-21-19(13-17)20-14-18(16(2)26)9-11-22(20)24(21)12-6-4-5-7-23(27)28-3/h8-11,13-14H,4-7,12H2,1-3H3. The van der Waals surface area contributed by atoms with Crippen LogP contribution < -0.4 is 0 Å². The predicted molar refractivity (Wildman–Crippen MR) is 110 cm³/mol. The molecule has 0 fully saturated rings. The summed E-state index contributed by atoms with van der Waals surface area (Å²) in [5.41, 5.74) is 3.43. The molecular weight excluding hydrogens is 354 g/mol. The van der Waals surface area contributed by atoms with Crippen molar-refractivity contribution in [3.05, 3.63) is 47.5 Å². The van der Waals surface area contributed by atoms with Gasteiger partial charge in [0.15, 0.2) is 11.6 Å². The number of ether oxygens (including phenoxy) is 1. The highest BCUT2D eigenvalue weighted by Gasteiger charge is 2.14. The van der Waals surface area contributed by atoms with Crippen molar-refractivity contribution >= 4 is 39.3 Å². The Labute approximate surface area is 164 Å². The minimum Gasteiger partial charge on any atom is -0.469 e. The number of carbonyl (C=O) groups is 3. The van der Waals surface area contributed by atoms with Gasteiger partial charge in [-0.25, -0.2) is 0 Å². The summed E-state index contributed by atoms with van der Waals surface area (Å²) in [7, 11) is 1.41. The van der Waals surface area contributed by atoms with Crippen LogP contribution in [0.1, 0.15) is 60.2 Å². The number of carbonyl (C=O) groups excluding carboxylic acids is 3. The van der Waals surface area contributed by atoms with Gasteiger partial charge in [0.2, 0.25) is 0 Å². The molecule has 0 saturated heterocycles. The molecule has 0 aliphatic carbocycles. The van der Waals surface area contributed by atoms with Crippen molar-refractivity contribution in [3.63, 3.8) is 0 Å². The van der Waals surface area contributed by atoms with Crippen LogP contribution in [-0.4, -0.2) is 29.2 Å². The third-order valence-corrected chi connectivity index (χ3v) is 5.17. The number of esters is 1. The number of unbranched alkanes of at least 4 members (excludes halogenated alkanes) is 2. The number of fused-ring (bicyclic) bond motifs is 3. The average molecular weight is 379 g/mol. The van der Waals surface area contributed by atoms with E-state index in [4.69, 9.17) is 0 Å². The summed E-state index contributed by atoms with van der Waals surface area (Å²) in [4.78, 5) is 34.9. The Bertz CT molecular complexity index is 990. The topological polar surface area (TPSA) is 65.4 Å². The Morgan fingerprint density at radius 2 is 1.36 bits per heavy atom. The number of hydrogen-bond donors (Lipinski definition) is 0. The van der Waals surface area contributed by atoms with Crippen molar-refractivity contribution in [2.24, 2.45) is 0 Å². The molecule has 5 heteroatoms. The van der Waals surface area contributed by atoms with E-state index in [0.29, 0.717) is 17.5 Å². The number of aromatic nitrogens is 1. The lowest BCUT2D eigenvalue weighted by atomic mass is 10.0. The second-order valence-corrected chi connectivity index (χ2v) is 7.11. The van der Waals surface area contributed by atoms with Crippen molar-refractivity contribution in [2.45, 2.75) is 46.1 Å². The van der Waals surface area contributed by atoms with Crippen molar-refractivity contribution in [1.29, 1.82) is 0 Å². The third-order valence-electron chi connectivity index (χ3n) is 5.17. The molecule has 0 spiro atoms. The number of hydrogen-bond acceptors (Lipinski definition) is 4. The molecule has 0 amide bonds. The van der Waals surface area contributed by atoms with E-state index in [2.05, 4.69) is 9.30 Å². The largest absolute Gasteiger partial charge is 0.469 e. The van der Waals surface area contributed by atoms with Crippen LogP contribution in [-0.2, 0) is 16.1 Å². The molecule has 3 rings (SSSR count). The van der Waals surface area contributed by atoms with Gasteiger partial charge >= 0.3 is 5.97 Å². The van der Waals surface area contributed by atoms with Gasteiger partial charge in [-0.3, -0.25) is 14.4 Å². The van der Waals surface area contributed by atoms with Gasteiger partial charge < -0.3 is 9.30 Å². The smallest absolute Gasteiger partial charge is 0.305 e. The van der Waals surface area contributed by atoms with Crippen LogP contribution in [0, 0.1) is 0 Å². The quantitative estimate of drug-likeness (QED) is 0.316. The lowest BCUT2D eigenvalue weighted by Gasteiger charge is -2.08. The van der Waals surface area contributed by atoms with Crippen LogP contribution in [0.25, 0.3) is 21.8 Å². The average Bonchev–Trinajstić information content (AvgIpc) is 2.99. The lowest BCUT2D eigenvalue weighted by Crippen LogP contribution is -2.01. The molecule has 0 radical (unpaired) electrons. The van der Waals surface area contributed by atoms with Gasteiger partial charge in [0, 0.05) is 45.9 Å². The second kappa shape index (κ2) is 8.38. The Hall–Kier alpha value is -2.95. The number of Topliss-reactive ketones (excluding diaryl/α,β-unsaturated/α-hetero) is 2. The number of benzene rings is 2. The van der Waals surface area contributed by atoms with E-state index in [1.165, 1.54) is 7.11 Å². The van der Waals surface area contributed by atoms with Crippen molar-refractivity contribution < 1.29 is 19.1 Å². The van der Waals surface area contributed by atoms with Crippen LogP contribution in [0.5, 0.6) is 0 Å². The zero-order valence-electron chi connectivity index (χ0n) is 16.6. The first-order valence-electron chi connectivity index (χ1n) is 9.57. The molecule has 2 aromatic carbocycles. The van der Waals surface area contributed by atoms with Crippen LogP contribution in [0.2, 0.25) is 0 Å². The van der Waals surface area contributed by atoms with E-state index in [0.717, 1.165) is 47.6 Å². The van der Waals surface area contributed by atoms with Crippen molar-refractivity contribution in [1.82, 2.24) is 4.57 Å². The Morgan fingerprint density at radius 1 is 0.821 bits per heavy atom. The molecule has 5 nitrogen and oxygen atoms in total. The molecule has 0 unspecified atom stereocenters. The van der Waals surface area contributed by atoms with E-state index >= 15 is 0 Å². The maximum absolute atomic E-state index is 11.8. The minimum absolute atomic E-state index is 0.0216. The maximum atomic E-state index is 11.8. The van der Waals surface area contributed by atoms with Gasteiger partial charge in [0.25, 0.3) is 0 Å². The van der Waals surface area contributed by atoms with Gasteiger partial charge in [-0.15, -0.1) is 0 Å². The molecule has 0 saturated carbocycles. The first kappa shape index (κ1) is 19.8. The van der Waals surface area contributed by atoms with Crippen molar-refractivity contribution in [2.75, 3.05) is 7.11 Å². The fourth-order valence-corrected chi connectivity index (χ4v) is 3.60. The maximum Gasteiger partial charge on any atom is 0.305 e. The van der Waals surface area contributed by atoms with E-state index in [1.807, 2.05) is 36.4 Å². The predicted octanol–water partition coefficient (Wildman–Crippen LogP) is 4.93. The summed E-state index contributed by atoms with van der Waals surface area (Å²) in [5.74, 6) is -0.132. The molecule has 3 aromatic rings. The van der Waals surface area contributed by atoms with E-state index < -0.39 is 0 Å². The highest BCUT2D eigenvalue weighted by molar-refractivity contribution is 6.12. The van der Waals surface area contributed by atoms with Crippen molar-refractivity contribution in [3.8, 4) is 0 Å². The van der Waals surface area contributed by atoms with E-state index in [9.17, 15) is 14.4 Å². The van der Waals surface area contributed by atoms with E-state index in [1.54, 1.807) is 13.8 Å². The lowest BCUT2D eigenvalue weighted by molar-refractivity contribution is -0.140. The molecule has 0 atom stereocenters. The third kappa shape index (κ3) is 3.98. The normalized spacial score (nSPS) is 11.1. The number of rotatable bonds is 8. The Kier molecular flexibility index (Phi) is 5.93. The zero-order chi connectivity index (χ0) is 20.3. The van der Waals surface area contributed by atoms with Crippen LogP contribution in [0.15, 0.2) is 36.4 Å². The second-order valence-electron chi connectivity index (χ2n) is 7.11. The molecule has 28 heavy (non-hydrogen) atoms. The molecule has 1 aromatic heterocycles. The fraction of sp³-hybridized carbons (Fsp3) is 0.348. The first-order chi connectivity index (χ1) is 13.4. The zero-order valence-corrected chi connectivity index (χ0v) is 16.6. The number of ketones is 2. The molecule has 0 aliphatic heterocycles. The van der Waals surface area contributed by atoms with Crippen LogP contribution in [0.4, 0.5) is 0 Å². The summed E-state index contributed by atoms with van der Waals surface area (Å²) < 4.78 is 6.91. The number of methoxy groups -OCH3 is 1. The van der Waals surface area contributed by atoms with Gasteiger partial charge in [-0.1, -0.05) is 6.42 Å². The molecule has 0 N–H and O–H groups in total. The molecule has 1 heterocycles. The highest BCUT2D eigenvalue weighted by atomic mass is 16.5. The van der Waals surface area contributed by atoms with Gasteiger partial charge in [0.1, 0.15) is 0 Å². The van der Waals surface area contributed by atoms with Gasteiger partial charge in [0.05, 0.1) is 7.11 Å². The molecule has 0 bridgehead atoms. The molecular formula is C23H25NO4. The minimum atomic E-state index is -0.176. The highest BCUT2D eigenvalue weighted by Crippen LogP contribution is 2.31. The summed E-state index contributed by atoms with van der Waals surface area (Å²) in [6, 6.07) is 11.5.